The van der Waals surface area contributed by atoms with Crippen LogP contribution in [0.4, 0.5) is 4.39 Å². The third-order valence-electron chi connectivity index (χ3n) is 4.67. The molecule has 1 aliphatic heterocycles. The molecular weight excluding hydrogens is 367 g/mol. The summed E-state index contributed by atoms with van der Waals surface area (Å²) in [6.45, 7) is -0.00704. The zero-order chi connectivity index (χ0) is 18.5. The third-order valence-corrected chi connectivity index (χ3v) is 4.98. The molecule has 2 aromatic carbocycles. The van der Waals surface area contributed by atoms with E-state index in [1.54, 1.807) is 48.7 Å². The molecule has 0 fully saturated rings. The summed E-state index contributed by atoms with van der Waals surface area (Å²) < 4.78 is 21.5. The molecule has 5 rings (SSSR count). The Labute approximate surface area is 158 Å². The van der Waals surface area contributed by atoms with Crippen molar-refractivity contribution in [2.75, 3.05) is 0 Å². The quantitative estimate of drug-likeness (QED) is 0.440. The van der Waals surface area contributed by atoms with Gasteiger partial charge in [0.25, 0.3) is 5.91 Å². The van der Waals surface area contributed by atoms with E-state index in [9.17, 15) is 9.18 Å². The Morgan fingerprint density at radius 3 is 2.78 bits per heavy atom. The number of ether oxygens (including phenoxy) is 1. The molecule has 0 aliphatic carbocycles. The lowest BCUT2D eigenvalue weighted by atomic mass is 10.1. The molecule has 0 saturated heterocycles. The Balaban J connectivity index is 1.72. The van der Waals surface area contributed by atoms with Gasteiger partial charge in [0.15, 0.2) is 0 Å². The summed E-state index contributed by atoms with van der Waals surface area (Å²) in [6.07, 6.45) is 1.69. The monoisotopic (exact) mass is 378 g/mol. The molecule has 0 atom stereocenters. The molecular formula is C21H12ClFN2O2. The summed E-state index contributed by atoms with van der Waals surface area (Å²) in [4.78, 5) is 17.5. The van der Waals surface area contributed by atoms with Gasteiger partial charge in [-0.3, -0.25) is 9.36 Å². The van der Waals surface area contributed by atoms with Gasteiger partial charge in [-0.15, -0.1) is 0 Å². The maximum atomic E-state index is 14.0. The minimum Gasteiger partial charge on any atom is -0.487 e. The molecule has 1 aliphatic rings. The van der Waals surface area contributed by atoms with E-state index in [2.05, 4.69) is 4.98 Å². The number of fused-ring (bicyclic) bond motifs is 4. The van der Waals surface area contributed by atoms with Gasteiger partial charge in [0.2, 0.25) is 0 Å². The van der Waals surface area contributed by atoms with Gasteiger partial charge in [-0.1, -0.05) is 35.9 Å². The number of halogens is 2. The van der Waals surface area contributed by atoms with Crippen LogP contribution in [0.3, 0.4) is 0 Å². The Morgan fingerprint density at radius 2 is 1.93 bits per heavy atom. The Hall–Kier alpha value is -3.18. The highest BCUT2D eigenvalue weighted by atomic mass is 35.5. The molecule has 0 unspecified atom stereocenters. The normalized spacial score (nSPS) is 12.3. The van der Waals surface area contributed by atoms with Crippen LogP contribution in [0.1, 0.15) is 15.9 Å². The molecule has 0 amide bonds. The van der Waals surface area contributed by atoms with Crippen LogP contribution in [0.25, 0.3) is 22.3 Å². The van der Waals surface area contributed by atoms with Gasteiger partial charge in [0.05, 0.1) is 16.2 Å². The highest BCUT2D eigenvalue weighted by Gasteiger charge is 2.33. The number of hydrogen-bond acceptors (Lipinski definition) is 3. The van der Waals surface area contributed by atoms with Gasteiger partial charge >= 0.3 is 0 Å². The van der Waals surface area contributed by atoms with Gasteiger partial charge in [0, 0.05) is 17.1 Å². The number of nitrogens with zero attached hydrogens (tertiary/aromatic N) is 2. The summed E-state index contributed by atoms with van der Waals surface area (Å²) >= 11 is 6.34. The van der Waals surface area contributed by atoms with Crippen LogP contribution in [0.15, 0.2) is 60.8 Å². The summed E-state index contributed by atoms with van der Waals surface area (Å²) in [6, 6.07) is 15.3. The number of aromatic nitrogens is 2. The Morgan fingerprint density at radius 1 is 1.07 bits per heavy atom. The number of rotatable bonds is 3. The highest BCUT2D eigenvalue weighted by Crippen LogP contribution is 2.42. The lowest BCUT2D eigenvalue weighted by Gasteiger charge is -2.14. The average molecular weight is 379 g/mol. The van der Waals surface area contributed by atoms with Gasteiger partial charge in [-0.05, 0) is 30.3 Å². The molecule has 4 nitrogen and oxygen atoms in total. The summed E-state index contributed by atoms with van der Waals surface area (Å²) in [5.74, 6) is -0.208. The largest absolute Gasteiger partial charge is 0.487 e. The third kappa shape index (κ3) is 2.35. The summed E-state index contributed by atoms with van der Waals surface area (Å²) in [5, 5.41) is 1.08. The lowest BCUT2D eigenvalue weighted by Crippen LogP contribution is -2.08. The zero-order valence-corrected chi connectivity index (χ0v) is 14.7. The van der Waals surface area contributed by atoms with Crippen LogP contribution < -0.4 is 4.74 Å². The molecule has 4 aromatic rings. The molecule has 0 bridgehead atoms. The van der Waals surface area contributed by atoms with E-state index in [1.165, 1.54) is 10.6 Å². The van der Waals surface area contributed by atoms with Gasteiger partial charge < -0.3 is 4.74 Å². The fourth-order valence-electron chi connectivity index (χ4n) is 3.39. The maximum absolute atomic E-state index is 14.0. The number of pyridine rings is 1. The van der Waals surface area contributed by atoms with E-state index in [0.29, 0.717) is 44.2 Å². The molecule has 0 saturated carbocycles. The second-order valence-corrected chi connectivity index (χ2v) is 6.66. The minimum atomic E-state index is -0.358. The summed E-state index contributed by atoms with van der Waals surface area (Å²) in [7, 11) is 0. The van der Waals surface area contributed by atoms with E-state index in [-0.39, 0.29) is 18.3 Å². The molecule has 132 valence electrons. The van der Waals surface area contributed by atoms with Crippen LogP contribution in [0.2, 0.25) is 5.02 Å². The van der Waals surface area contributed by atoms with E-state index in [0.717, 1.165) is 0 Å². The number of hydrogen-bond donors (Lipinski definition) is 0. The van der Waals surface area contributed by atoms with Crippen LogP contribution in [0.5, 0.6) is 5.75 Å². The van der Waals surface area contributed by atoms with Crippen molar-refractivity contribution in [1.29, 1.82) is 0 Å². The van der Waals surface area contributed by atoms with Crippen molar-refractivity contribution in [3.05, 3.63) is 82.8 Å². The predicted octanol–water partition coefficient (Wildman–Crippen LogP) is 5.08. The second kappa shape index (κ2) is 5.93. The number of carbonyl (C=O) groups excluding carboxylic acids is 1. The fourth-order valence-corrected chi connectivity index (χ4v) is 3.61. The first-order chi connectivity index (χ1) is 13.1. The van der Waals surface area contributed by atoms with Crippen LogP contribution in [0, 0.1) is 5.82 Å². The Bertz CT molecular complexity index is 1230. The molecule has 3 heterocycles. The number of benzene rings is 2. The second-order valence-electron chi connectivity index (χ2n) is 6.25. The standard InChI is InChI=1S/C21H12ClFN2O2/c22-14-7-3-6-13-18(14)24-19-16-9-4-10-25(16)21(26)17(19)20(13)27-11-12-5-1-2-8-15(12)23/h1-10H,11H2. The zero-order valence-electron chi connectivity index (χ0n) is 13.9. The molecule has 6 heteroatoms. The van der Waals surface area contributed by atoms with Crippen molar-refractivity contribution in [3.63, 3.8) is 0 Å². The first-order valence-electron chi connectivity index (χ1n) is 8.36. The molecule has 27 heavy (non-hydrogen) atoms. The van der Waals surface area contributed by atoms with Crippen molar-refractivity contribution < 1.29 is 13.9 Å². The van der Waals surface area contributed by atoms with E-state index in [1.807, 2.05) is 6.07 Å². The number of carbonyl (C=O) groups is 1. The van der Waals surface area contributed by atoms with Crippen LogP contribution >= 0.6 is 11.6 Å². The van der Waals surface area contributed by atoms with E-state index in [4.69, 9.17) is 16.3 Å². The lowest BCUT2D eigenvalue weighted by molar-refractivity contribution is 0.0965. The molecule has 0 radical (unpaired) electrons. The highest BCUT2D eigenvalue weighted by molar-refractivity contribution is 6.35. The van der Waals surface area contributed by atoms with Crippen LogP contribution in [-0.4, -0.2) is 15.5 Å². The van der Waals surface area contributed by atoms with E-state index >= 15 is 0 Å². The van der Waals surface area contributed by atoms with Crippen LogP contribution in [-0.2, 0) is 6.61 Å². The minimum absolute atomic E-state index is 0.00704. The van der Waals surface area contributed by atoms with Crippen molar-refractivity contribution >= 4 is 28.4 Å². The SMILES string of the molecule is O=C1c2c(nc3c(Cl)cccc3c2OCc2ccccc2F)-c2cccn21. The van der Waals surface area contributed by atoms with Crippen molar-refractivity contribution in [3.8, 4) is 17.1 Å². The van der Waals surface area contributed by atoms with Crippen molar-refractivity contribution in [2.24, 2.45) is 0 Å². The molecule has 2 aromatic heterocycles. The predicted molar refractivity (Wildman–Crippen MR) is 101 cm³/mol. The van der Waals surface area contributed by atoms with Crippen molar-refractivity contribution in [1.82, 2.24) is 9.55 Å². The Kier molecular flexibility index (Phi) is 3.52. The average Bonchev–Trinajstić information content (AvgIpc) is 3.24. The molecule has 0 spiro atoms. The van der Waals surface area contributed by atoms with Gasteiger partial charge in [-0.25, -0.2) is 9.37 Å². The fraction of sp³-hybridized carbons (Fsp3) is 0.0476. The number of para-hydroxylation sites is 1. The maximum Gasteiger partial charge on any atom is 0.268 e. The molecule has 0 N–H and O–H groups in total. The van der Waals surface area contributed by atoms with E-state index < -0.39 is 0 Å². The van der Waals surface area contributed by atoms with Gasteiger partial charge in [0.1, 0.15) is 29.4 Å². The summed E-state index contributed by atoms with van der Waals surface area (Å²) in [5.41, 5.74) is 2.53. The van der Waals surface area contributed by atoms with Gasteiger partial charge in [-0.2, -0.15) is 0 Å². The smallest absolute Gasteiger partial charge is 0.268 e. The van der Waals surface area contributed by atoms with Crippen molar-refractivity contribution in [2.45, 2.75) is 6.61 Å². The first-order valence-corrected chi connectivity index (χ1v) is 8.74. The topological polar surface area (TPSA) is 44.1 Å². The first kappa shape index (κ1) is 16.0.